The number of aryl methyl sites for hydroxylation is 1. The molecular weight excluding hydrogens is 314 g/mol. The fourth-order valence-corrected chi connectivity index (χ4v) is 2.91. The molecule has 1 aromatic heterocycles. The van der Waals surface area contributed by atoms with Gasteiger partial charge in [0.25, 0.3) is 5.91 Å². The largest absolute Gasteiger partial charge is 0.496 e. The van der Waals surface area contributed by atoms with E-state index in [2.05, 4.69) is 22.9 Å². The van der Waals surface area contributed by atoms with Crippen molar-refractivity contribution in [3.05, 3.63) is 59.9 Å². The summed E-state index contributed by atoms with van der Waals surface area (Å²) in [5, 5.41) is 2.97. The van der Waals surface area contributed by atoms with Gasteiger partial charge in [-0.05, 0) is 30.7 Å². The first kappa shape index (κ1) is 17.0. The summed E-state index contributed by atoms with van der Waals surface area (Å²) in [4.78, 5) is 17.2. The zero-order chi connectivity index (χ0) is 17.6. The molecule has 0 radical (unpaired) electrons. The minimum absolute atomic E-state index is 0.161. The van der Waals surface area contributed by atoms with Crippen molar-refractivity contribution < 1.29 is 9.53 Å². The molecule has 3 rings (SSSR count). The Morgan fingerprint density at radius 2 is 1.92 bits per heavy atom. The average Bonchev–Trinajstić information content (AvgIpc) is 3.01. The smallest absolute Gasteiger partial charge is 0.255 e. The highest BCUT2D eigenvalue weighted by molar-refractivity contribution is 5.96. The Hall–Kier alpha value is -2.82. The number of hydrogen-bond acceptors (Lipinski definition) is 3. The molecule has 25 heavy (non-hydrogen) atoms. The molecule has 1 heterocycles. The Kier molecular flexibility index (Phi) is 5.33. The van der Waals surface area contributed by atoms with E-state index in [9.17, 15) is 4.79 Å². The molecule has 0 spiro atoms. The zero-order valence-corrected chi connectivity index (χ0v) is 14.7. The van der Waals surface area contributed by atoms with Gasteiger partial charge in [0, 0.05) is 6.54 Å². The molecule has 3 aromatic rings. The van der Waals surface area contributed by atoms with E-state index in [0.29, 0.717) is 17.9 Å². The number of methoxy groups -OCH3 is 1. The van der Waals surface area contributed by atoms with Crippen LogP contribution in [0.3, 0.4) is 0 Å². The van der Waals surface area contributed by atoms with Crippen LogP contribution in [0.2, 0.25) is 0 Å². The highest BCUT2D eigenvalue weighted by Crippen LogP contribution is 2.19. The van der Waals surface area contributed by atoms with Crippen molar-refractivity contribution in [1.82, 2.24) is 14.9 Å². The molecule has 2 aromatic carbocycles. The molecule has 0 atom stereocenters. The van der Waals surface area contributed by atoms with Crippen LogP contribution in [0.4, 0.5) is 0 Å². The summed E-state index contributed by atoms with van der Waals surface area (Å²) < 4.78 is 7.46. The van der Waals surface area contributed by atoms with E-state index >= 15 is 0 Å². The number of aromatic nitrogens is 2. The summed E-state index contributed by atoms with van der Waals surface area (Å²) in [7, 11) is 1.57. The second-order valence-corrected chi connectivity index (χ2v) is 5.90. The number of hydrogen-bond donors (Lipinski definition) is 1. The quantitative estimate of drug-likeness (QED) is 0.714. The Bertz CT molecular complexity index is 870. The highest BCUT2D eigenvalue weighted by Gasteiger charge is 2.14. The molecule has 1 N–H and O–H groups in total. The Labute approximate surface area is 147 Å². The van der Waals surface area contributed by atoms with Gasteiger partial charge in [0.05, 0.1) is 30.3 Å². The SMILES string of the molecule is CCCCn1c(CNC(=O)c2ccccc2OC)nc2ccccc21. The molecule has 0 fully saturated rings. The number of amides is 1. The predicted molar refractivity (Wildman–Crippen MR) is 98.8 cm³/mol. The molecule has 5 nitrogen and oxygen atoms in total. The van der Waals surface area contributed by atoms with Crippen molar-refractivity contribution in [3.8, 4) is 5.75 Å². The number of fused-ring (bicyclic) bond motifs is 1. The number of rotatable bonds is 7. The number of carbonyl (C=O) groups is 1. The van der Waals surface area contributed by atoms with Crippen LogP contribution in [0.1, 0.15) is 35.9 Å². The maximum absolute atomic E-state index is 12.5. The lowest BCUT2D eigenvalue weighted by Crippen LogP contribution is -2.25. The summed E-state index contributed by atoms with van der Waals surface area (Å²) in [5.74, 6) is 1.28. The van der Waals surface area contributed by atoms with Crippen LogP contribution >= 0.6 is 0 Å². The molecule has 0 saturated carbocycles. The Morgan fingerprint density at radius 3 is 2.72 bits per heavy atom. The second kappa shape index (κ2) is 7.83. The summed E-state index contributed by atoms with van der Waals surface area (Å²) in [5.41, 5.74) is 2.60. The first-order chi connectivity index (χ1) is 12.2. The van der Waals surface area contributed by atoms with Crippen LogP contribution in [-0.4, -0.2) is 22.6 Å². The van der Waals surface area contributed by atoms with E-state index in [0.717, 1.165) is 36.2 Å². The lowest BCUT2D eigenvalue weighted by Gasteiger charge is -2.11. The Balaban J connectivity index is 1.81. The van der Waals surface area contributed by atoms with Gasteiger partial charge in [-0.2, -0.15) is 0 Å². The van der Waals surface area contributed by atoms with Gasteiger partial charge in [-0.15, -0.1) is 0 Å². The molecule has 0 saturated heterocycles. The van der Waals surface area contributed by atoms with Gasteiger partial charge in [-0.25, -0.2) is 4.98 Å². The zero-order valence-electron chi connectivity index (χ0n) is 14.7. The molecule has 5 heteroatoms. The first-order valence-corrected chi connectivity index (χ1v) is 8.60. The van der Waals surface area contributed by atoms with Gasteiger partial charge in [-0.1, -0.05) is 37.6 Å². The average molecular weight is 337 g/mol. The third kappa shape index (κ3) is 3.65. The van der Waals surface area contributed by atoms with Crippen LogP contribution in [0, 0.1) is 0 Å². The molecule has 0 aliphatic rings. The summed E-state index contributed by atoms with van der Waals surface area (Å²) >= 11 is 0. The molecule has 1 amide bonds. The van der Waals surface area contributed by atoms with Gasteiger partial charge in [0.2, 0.25) is 0 Å². The van der Waals surface area contributed by atoms with E-state index in [1.807, 2.05) is 30.3 Å². The van der Waals surface area contributed by atoms with Crippen molar-refractivity contribution in [3.63, 3.8) is 0 Å². The van der Waals surface area contributed by atoms with Crippen molar-refractivity contribution >= 4 is 16.9 Å². The molecule has 0 bridgehead atoms. The van der Waals surface area contributed by atoms with Crippen molar-refractivity contribution in [2.24, 2.45) is 0 Å². The van der Waals surface area contributed by atoms with Crippen LogP contribution < -0.4 is 10.1 Å². The fourth-order valence-electron chi connectivity index (χ4n) is 2.91. The van der Waals surface area contributed by atoms with Crippen molar-refractivity contribution in [2.45, 2.75) is 32.9 Å². The number of ether oxygens (including phenoxy) is 1. The molecule has 0 aliphatic heterocycles. The van der Waals surface area contributed by atoms with Gasteiger partial charge in [0.1, 0.15) is 11.6 Å². The summed E-state index contributed by atoms with van der Waals surface area (Å²) in [6.07, 6.45) is 2.19. The molecule has 0 unspecified atom stereocenters. The monoisotopic (exact) mass is 337 g/mol. The standard InChI is InChI=1S/C20H23N3O2/c1-3-4-13-23-17-11-7-6-10-16(17)22-19(23)14-21-20(24)15-9-5-8-12-18(15)25-2/h5-12H,3-4,13-14H2,1-2H3,(H,21,24). The fraction of sp³-hybridized carbons (Fsp3) is 0.300. The van der Waals surface area contributed by atoms with Crippen LogP contribution in [0.15, 0.2) is 48.5 Å². The second-order valence-electron chi connectivity index (χ2n) is 5.90. The number of imidazole rings is 1. The number of carbonyl (C=O) groups excluding carboxylic acids is 1. The van der Waals surface area contributed by atoms with Gasteiger partial charge in [-0.3, -0.25) is 4.79 Å². The maximum Gasteiger partial charge on any atom is 0.255 e. The highest BCUT2D eigenvalue weighted by atomic mass is 16.5. The third-order valence-electron chi connectivity index (χ3n) is 4.23. The lowest BCUT2D eigenvalue weighted by molar-refractivity contribution is 0.0946. The van der Waals surface area contributed by atoms with E-state index in [4.69, 9.17) is 9.72 Å². The normalized spacial score (nSPS) is 10.8. The van der Waals surface area contributed by atoms with Crippen LogP contribution in [0.5, 0.6) is 5.75 Å². The summed E-state index contributed by atoms with van der Waals surface area (Å²) in [6, 6.07) is 15.3. The van der Waals surface area contributed by atoms with Crippen molar-refractivity contribution in [2.75, 3.05) is 7.11 Å². The number of nitrogens with zero attached hydrogens (tertiary/aromatic N) is 2. The van der Waals surface area contributed by atoms with Crippen LogP contribution in [0.25, 0.3) is 11.0 Å². The predicted octanol–water partition coefficient (Wildman–Crippen LogP) is 3.78. The van der Waals surface area contributed by atoms with E-state index in [1.165, 1.54) is 0 Å². The van der Waals surface area contributed by atoms with Gasteiger partial charge < -0.3 is 14.6 Å². The van der Waals surface area contributed by atoms with E-state index in [1.54, 1.807) is 19.2 Å². The topological polar surface area (TPSA) is 56.2 Å². The van der Waals surface area contributed by atoms with Gasteiger partial charge in [0.15, 0.2) is 0 Å². The van der Waals surface area contributed by atoms with E-state index < -0.39 is 0 Å². The molecule has 0 aliphatic carbocycles. The van der Waals surface area contributed by atoms with Crippen LogP contribution in [-0.2, 0) is 13.1 Å². The lowest BCUT2D eigenvalue weighted by atomic mass is 10.2. The molecular formula is C20H23N3O2. The number of para-hydroxylation sites is 3. The number of benzene rings is 2. The third-order valence-corrected chi connectivity index (χ3v) is 4.23. The minimum Gasteiger partial charge on any atom is -0.496 e. The summed E-state index contributed by atoms with van der Waals surface area (Å²) in [6.45, 7) is 3.45. The number of unbranched alkanes of at least 4 members (excludes halogenated alkanes) is 1. The van der Waals surface area contributed by atoms with E-state index in [-0.39, 0.29) is 5.91 Å². The van der Waals surface area contributed by atoms with Crippen molar-refractivity contribution in [1.29, 1.82) is 0 Å². The van der Waals surface area contributed by atoms with Gasteiger partial charge >= 0.3 is 0 Å². The Morgan fingerprint density at radius 1 is 1.16 bits per heavy atom. The first-order valence-electron chi connectivity index (χ1n) is 8.60. The number of nitrogens with one attached hydrogen (secondary N) is 1. The minimum atomic E-state index is -0.161. The molecule has 130 valence electrons. The maximum atomic E-state index is 12.5.